The average Bonchev–Trinajstić information content (AvgIpc) is 3.07. The van der Waals surface area contributed by atoms with Crippen LogP contribution in [-0.4, -0.2) is 44.0 Å². The van der Waals surface area contributed by atoms with Crippen molar-refractivity contribution in [3.63, 3.8) is 0 Å². The van der Waals surface area contributed by atoms with Crippen LogP contribution in [0.2, 0.25) is 0 Å². The fourth-order valence-corrected chi connectivity index (χ4v) is 1.53. The normalized spacial score (nSPS) is 17.1. The molecule has 0 aliphatic heterocycles. The Labute approximate surface area is 116 Å². The fraction of sp³-hybridized carbons (Fsp3) is 0.929. The maximum absolute atomic E-state index is 11.4. The zero-order valence-corrected chi connectivity index (χ0v) is 12.6. The van der Waals surface area contributed by atoms with E-state index in [0.29, 0.717) is 6.54 Å². The van der Waals surface area contributed by atoms with E-state index < -0.39 is 5.60 Å². The zero-order valence-electron chi connectivity index (χ0n) is 12.6. The maximum atomic E-state index is 11.4. The summed E-state index contributed by atoms with van der Waals surface area (Å²) < 4.78 is 10.7. The van der Waals surface area contributed by atoms with Gasteiger partial charge in [-0.1, -0.05) is 0 Å². The molecule has 1 aliphatic carbocycles. The van der Waals surface area contributed by atoms with E-state index in [9.17, 15) is 4.79 Å². The predicted octanol–water partition coefficient (Wildman–Crippen LogP) is 1.92. The molecular weight excluding hydrogens is 244 g/mol. The number of alkyl carbamates (subject to hydrolysis) is 1. The van der Waals surface area contributed by atoms with E-state index in [1.165, 1.54) is 12.8 Å². The molecule has 1 rings (SSSR count). The Morgan fingerprint density at radius 1 is 1.37 bits per heavy atom. The number of rotatable bonds is 8. The molecule has 0 spiro atoms. The van der Waals surface area contributed by atoms with Gasteiger partial charge in [0.2, 0.25) is 0 Å². The van der Waals surface area contributed by atoms with Crippen LogP contribution >= 0.6 is 0 Å². The molecule has 1 saturated carbocycles. The van der Waals surface area contributed by atoms with E-state index in [1.807, 2.05) is 27.7 Å². The van der Waals surface area contributed by atoms with Gasteiger partial charge in [-0.3, -0.25) is 0 Å². The second kappa shape index (κ2) is 7.70. The summed E-state index contributed by atoms with van der Waals surface area (Å²) in [6.45, 7) is 10.6. The molecule has 19 heavy (non-hydrogen) atoms. The van der Waals surface area contributed by atoms with Crippen molar-refractivity contribution in [2.24, 2.45) is 5.92 Å². The van der Waals surface area contributed by atoms with Crippen LogP contribution in [-0.2, 0) is 9.47 Å². The van der Waals surface area contributed by atoms with E-state index in [1.54, 1.807) is 0 Å². The van der Waals surface area contributed by atoms with Gasteiger partial charge in [-0.25, -0.2) is 4.79 Å². The SMILES string of the molecule is CC(CNC(=O)OC(C)(C)C)NCCOCC1CC1. The van der Waals surface area contributed by atoms with Crippen molar-refractivity contribution in [2.75, 3.05) is 26.3 Å². The summed E-state index contributed by atoms with van der Waals surface area (Å²) in [5.74, 6) is 0.811. The molecule has 0 heterocycles. The van der Waals surface area contributed by atoms with Crippen molar-refractivity contribution < 1.29 is 14.3 Å². The van der Waals surface area contributed by atoms with Crippen LogP contribution in [0, 0.1) is 5.92 Å². The zero-order chi connectivity index (χ0) is 14.3. The summed E-state index contributed by atoms with van der Waals surface area (Å²) in [6.07, 6.45) is 2.28. The van der Waals surface area contributed by atoms with Gasteiger partial charge in [0.15, 0.2) is 0 Å². The van der Waals surface area contributed by atoms with Crippen LogP contribution in [0.4, 0.5) is 4.79 Å². The Morgan fingerprint density at radius 3 is 2.63 bits per heavy atom. The molecule has 1 atom stereocenters. The summed E-state index contributed by atoms with van der Waals surface area (Å²) in [6, 6.07) is 0.206. The van der Waals surface area contributed by atoms with E-state index >= 15 is 0 Å². The van der Waals surface area contributed by atoms with Gasteiger partial charge < -0.3 is 20.1 Å². The van der Waals surface area contributed by atoms with Gasteiger partial charge in [0.05, 0.1) is 6.61 Å². The number of carbonyl (C=O) groups is 1. The van der Waals surface area contributed by atoms with E-state index in [4.69, 9.17) is 9.47 Å². The summed E-state index contributed by atoms with van der Waals surface area (Å²) >= 11 is 0. The summed E-state index contributed by atoms with van der Waals surface area (Å²) in [5.41, 5.74) is -0.447. The molecule has 0 aromatic heterocycles. The second-order valence-electron chi connectivity index (χ2n) is 6.26. The molecule has 2 N–H and O–H groups in total. The Bertz CT molecular complexity index is 272. The van der Waals surface area contributed by atoms with Gasteiger partial charge >= 0.3 is 6.09 Å². The van der Waals surface area contributed by atoms with Crippen LogP contribution in [0.3, 0.4) is 0 Å². The average molecular weight is 272 g/mol. The maximum Gasteiger partial charge on any atom is 0.407 e. The van der Waals surface area contributed by atoms with Gasteiger partial charge in [-0.2, -0.15) is 0 Å². The van der Waals surface area contributed by atoms with Crippen LogP contribution < -0.4 is 10.6 Å². The molecule has 1 fully saturated rings. The third kappa shape index (κ3) is 9.73. The topological polar surface area (TPSA) is 59.6 Å². The van der Waals surface area contributed by atoms with Crippen molar-refractivity contribution in [3.05, 3.63) is 0 Å². The minimum atomic E-state index is -0.447. The number of amides is 1. The first-order chi connectivity index (χ1) is 8.87. The highest BCUT2D eigenvalue weighted by Gasteiger charge is 2.21. The molecule has 1 amide bonds. The fourth-order valence-electron chi connectivity index (χ4n) is 1.53. The van der Waals surface area contributed by atoms with E-state index in [-0.39, 0.29) is 12.1 Å². The molecule has 0 bridgehead atoms. The number of hydrogen-bond donors (Lipinski definition) is 2. The predicted molar refractivity (Wildman–Crippen MR) is 75.2 cm³/mol. The van der Waals surface area contributed by atoms with Crippen LogP contribution in [0.15, 0.2) is 0 Å². The lowest BCUT2D eigenvalue weighted by atomic mass is 10.2. The Kier molecular flexibility index (Phi) is 6.58. The molecule has 0 saturated heterocycles. The monoisotopic (exact) mass is 272 g/mol. The molecular formula is C14H28N2O3. The Balaban J connectivity index is 1.94. The highest BCUT2D eigenvalue weighted by molar-refractivity contribution is 5.67. The van der Waals surface area contributed by atoms with Crippen LogP contribution in [0.25, 0.3) is 0 Å². The van der Waals surface area contributed by atoms with Gasteiger partial charge in [0.1, 0.15) is 5.60 Å². The lowest BCUT2D eigenvalue weighted by Gasteiger charge is -2.21. The third-order valence-corrected chi connectivity index (χ3v) is 2.74. The van der Waals surface area contributed by atoms with Crippen molar-refractivity contribution in [1.29, 1.82) is 0 Å². The Hall–Kier alpha value is -0.810. The van der Waals surface area contributed by atoms with Gasteiger partial charge in [-0.05, 0) is 46.5 Å². The molecule has 0 aromatic carbocycles. The van der Waals surface area contributed by atoms with E-state index in [2.05, 4.69) is 10.6 Å². The van der Waals surface area contributed by atoms with Gasteiger partial charge in [0.25, 0.3) is 0 Å². The first-order valence-corrected chi connectivity index (χ1v) is 7.15. The molecule has 112 valence electrons. The standard InChI is InChI=1S/C14H28N2O3/c1-11(9-16-13(17)19-14(2,3)4)15-7-8-18-10-12-5-6-12/h11-12,15H,5-10H2,1-4H3,(H,16,17). The highest BCUT2D eigenvalue weighted by atomic mass is 16.6. The molecule has 0 radical (unpaired) electrons. The van der Waals surface area contributed by atoms with Crippen molar-refractivity contribution in [3.8, 4) is 0 Å². The lowest BCUT2D eigenvalue weighted by Crippen LogP contribution is -2.42. The first kappa shape index (κ1) is 16.2. The number of ether oxygens (including phenoxy) is 2. The molecule has 1 aliphatic rings. The van der Waals surface area contributed by atoms with Gasteiger partial charge in [0, 0.05) is 25.7 Å². The highest BCUT2D eigenvalue weighted by Crippen LogP contribution is 2.28. The minimum absolute atomic E-state index is 0.206. The van der Waals surface area contributed by atoms with Crippen LogP contribution in [0.1, 0.15) is 40.5 Å². The molecule has 5 heteroatoms. The van der Waals surface area contributed by atoms with Crippen molar-refractivity contribution in [2.45, 2.75) is 52.2 Å². The van der Waals surface area contributed by atoms with Gasteiger partial charge in [-0.15, -0.1) is 0 Å². The number of carbonyl (C=O) groups excluding carboxylic acids is 1. The molecule has 0 aromatic rings. The third-order valence-electron chi connectivity index (χ3n) is 2.74. The number of nitrogens with one attached hydrogen (secondary N) is 2. The van der Waals surface area contributed by atoms with Crippen LogP contribution in [0.5, 0.6) is 0 Å². The van der Waals surface area contributed by atoms with E-state index in [0.717, 1.165) is 25.7 Å². The second-order valence-corrected chi connectivity index (χ2v) is 6.26. The van der Waals surface area contributed by atoms with Crippen molar-refractivity contribution in [1.82, 2.24) is 10.6 Å². The Morgan fingerprint density at radius 2 is 2.05 bits per heavy atom. The summed E-state index contributed by atoms with van der Waals surface area (Å²) in [7, 11) is 0. The first-order valence-electron chi connectivity index (χ1n) is 7.15. The largest absolute Gasteiger partial charge is 0.444 e. The smallest absolute Gasteiger partial charge is 0.407 e. The minimum Gasteiger partial charge on any atom is -0.444 e. The molecule has 5 nitrogen and oxygen atoms in total. The summed E-state index contributed by atoms with van der Waals surface area (Å²) in [4.78, 5) is 11.4. The lowest BCUT2D eigenvalue weighted by molar-refractivity contribution is 0.0522. The van der Waals surface area contributed by atoms with Crippen molar-refractivity contribution >= 4 is 6.09 Å². The number of hydrogen-bond acceptors (Lipinski definition) is 4. The molecule has 1 unspecified atom stereocenters. The summed E-state index contributed by atoms with van der Waals surface area (Å²) in [5, 5.41) is 6.04. The quantitative estimate of drug-likeness (QED) is 0.663.